The van der Waals surface area contributed by atoms with Crippen LogP contribution < -0.4 is 10.2 Å². The van der Waals surface area contributed by atoms with Gasteiger partial charge in [-0.1, -0.05) is 32.0 Å². The maximum absolute atomic E-state index is 12.5. The van der Waals surface area contributed by atoms with Gasteiger partial charge in [0.1, 0.15) is 0 Å². The Morgan fingerprint density at radius 2 is 2.04 bits per heavy atom. The number of rotatable bonds is 7. The molecule has 1 saturated carbocycles. The summed E-state index contributed by atoms with van der Waals surface area (Å²) in [6, 6.07) is 8.07. The summed E-state index contributed by atoms with van der Waals surface area (Å²) in [6.07, 6.45) is 3.07. The van der Waals surface area contributed by atoms with Crippen LogP contribution in [0, 0.1) is 5.92 Å². The van der Waals surface area contributed by atoms with Crippen molar-refractivity contribution in [2.24, 2.45) is 5.92 Å². The molecule has 1 aliphatic heterocycles. The number of hydrogen-bond acceptors (Lipinski definition) is 4. The van der Waals surface area contributed by atoms with Crippen molar-refractivity contribution < 1.29 is 19.1 Å². The minimum Gasteiger partial charge on any atom is -0.455 e. The smallest absolute Gasteiger partial charge is 0.311 e. The van der Waals surface area contributed by atoms with Crippen LogP contribution in [0.5, 0.6) is 0 Å². The SMILES string of the molecule is CC[C@@H](C)c1ccccc1N1C[C@H](C(=O)OCC(=O)NC2CC2)CC1=O. The van der Waals surface area contributed by atoms with Crippen LogP contribution >= 0.6 is 0 Å². The van der Waals surface area contributed by atoms with E-state index in [-0.39, 0.29) is 30.9 Å². The Morgan fingerprint density at radius 3 is 2.73 bits per heavy atom. The molecule has 1 saturated heterocycles. The van der Waals surface area contributed by atoms with Gasteiger partial charge in [-0.25, -0.2) is 0 Å². The lowest BCUT2D eigenvalue weighted by molar-refractivity contribution is -0.152. The van der Waals surface area contributed by atoms with Crippen molar-refractivity contribution in [2.45, 2.75) is 51.5 Å². The molecule has 0 radical (unpaired) electrons. The van der Waals surface area contributed by atoms with Crippen molar-refractivity contribution in [1.29, 1.82) is 0 Å². The molecule has 1 aromatic carbocycles. The van der Waals surface area contributed by atoms with E-state index in [2.05, 4.69) is 19.2 Å². The molecule has 1 heterocycles. The standard InChI is InChI=1S/C20H26N2O4/c1-3-13(2)16-6-4-5-7-17(16)22-11-14(10-19(22)24)20(25)26-12-18(23)21-15-8-9-15/h4-7,13-15H,3,8-12H2,1-2H3,(H,21,23)/t13-,14-/m1/s1. The molecule has 1 N–H and O–H groups in total. The van der Waals surface area contributed by atoms with Gasteiger partial charge in [-0.3, -0.25) is 14.4 Å². The molecule has 2 amide bonds. The van der Waals surface area contributed by atoms with Crippen LogP contribution in [0.2, 0.25) is 0 Å². The maximum atomic E-state index is 12.5. The monoisotopic (exact) mass is 358 g/mol. The van der Waals surface area contributed by atoms with Crippen LogP contribution in [0.4, 0.5) is 5.69 Å². The molecule has 2 aliphatic rings. The summed E-state index contributed by atoms with van der Waals surface area (Å²) in [6.45, 7) is 4.27. The van der Waals surface area contributed by atoms with E-state index < -0.39 is 11.9 Å². The minimum absolute atomic E-state index is 0.0786. The van der Waals surface area contributed by atoms with Crippen molar-refractivity contribution >= 4 is 23.5 Å². The zero-order valence-electron chi connectivity index (χ0n) is 15.4. The molecule has 0 spiro atoms. The Labute approximate surface area is 153 Å². The largest absolute Gasteiger partial charge is 0.455 e. The first-order valence-electron chi connectivity index (χ1n) is 9.34. The predicted molar refractivity (Wildman–Crippen MR) is 97.7 cm³/mol. The number of hydrogen-bond donors (Lipinski definition) is 1. The molecule has 26 heavy (non-hydrogen) atoms. The normalized spacial score (nSPS) is 20.8. The quantitative estimate of drug-likeness (QED) is 0.759. The number of benzene rings is 1. The summed E-state index contributed by atoms with van der Waals surface area (Å²) in [5, 5.41) is 2.78. The van der Waals surface area contributed by atoms with Gasteiger partial charge in [0.2, 0.25) is 5.91 Å². The zero-order valence-corrected chi connectivity index (χ0v) is 15.4. The van der Waals surface area contributed by atoms with Crippen molar-refractivity contribution in [3.05, 3.63) is 29.8 Å². The maximum Gasteiger partial charge on any atom is 0.311 e. The van der Waals surface area contributed by atoms with E-state index in [9.17, 15) is 14.4 Å². The van der Waals surface area contributed by atoms with Gasteiger partial charge in [0.25, 0.3) is 5.91 Å². The highest BCUT2D eigenvalue weighted by atomic mass is 16.5. The Kier molecular flexibility index (Phi) is 5.59. The number of carbonyl (C=O) groups excluding carboxylic acids is 3. The van der Waals surface area contributed by atoms with E-state index in [4.69, 9.17) is 4.74 Å². The number of ether oxygens (including phenoxy) is 1. The molecule has 2 atom stereocenters. The van der Waals surface area contributed by atoms with E-state index in [0.717, 1.165) is 30.5 Å². The highest BCUT2D eigenvalue weighted by Gasteiger charge is 2.37. The van der Waals surface area contributed by atoms with Gasteiger partial charge in [-0.2, -0.15) is 0 Å². The molecule has 6 heteroatoms. The Bertz CT molecular complexity index is 699. The Hall–Kier alpha value is -2.37. The van der Waals surface area contributed by atoms with E-state index >= 15 is 0 Å². The lowest BCUT2D eigenvalue weighted by Crippen LogP contribution is -2.32. The fourth-order valence-electron chi connectivity index (χ4n) is 3.22. The van der Waals surface area contributed by atoms with Gasteiger partial charge >= 0.3 is 5.97 Å². The second-order valence-corrected chi connectivity index (χ2v) is 7.22. The van der Waals surface area contributed by atoms with Crippen LogP contribution in [-0.2, 0) is 19.1 Å². The zero-order chi connectivity index (χ0) is 18.7. The second kappa shape index (κ2) is 7.89. The van der Waals surface area contributed by atoms with Crippen molar-refractivity contribution in [2.75, 3.05) is 18.1 Å². The number of nitrogens with zero attached hydrogens (tertiary/aromatic N) is 1. The van der Waals surface area contributed by atoms with Crippen LogP contribution in [0.25, 0.3) is 0 Å². The predicted octanol–water partition coefficient (Wildman–Crippen LogP) is 2.37. The summed E-state index contributed by atoms with van der Waals surface area (Å²) >= 11 is 0. The third kappa shape index (κ3) is 4.23. The molecule has 1 aromatic rings. The summed E-state index contributed by atoms with van der Waals surface area (Å²) < 4.78 is 5.12. The molecule has 1 aliphatic carbocycles. The fourth-order valence-corrected chi connectivity index (χ4v) is 3.22. The molecular weight excluding hydrogens is 332 g/mol. The number of carbonyl (C=O) groups is 3. The average Bonchev–Trinajstić information content (AvgIpc) is 3.37. The number of amides is 2. The first-order chi connectivity index (χ1) is 12.5. The first kappa shape index (κ1) is 18.4. The number of nitrogens with one attached hydrogen (secondary N) is 1. The van der Waals surface area contributed by atoms with Crippen LogP contribution in [0.15, 0.2) is 24.3 Å². The van der Waals surface area contributed by atoms with E-state index in [1.807, 2.05) is 24.3 Å². The van der Waals surface area contributed by atoms with Gasteiger partial charge in [-0.15, -0.1) is 0 Å². The summed E-state index contributed by atoms with van der Waals surface area (Å²) in [5.41, 5.74) is 1.98. The lowest BCUT2D eigenvalue weighted by atomic mass is 9.96. The van der Waals surface area contributed by atoms with Crippen molar-refractivity contribution in [3.8, 4) is 0 Å². The van der Waals surface area contributed by atoms with Crippen LogP contribution in [0.1, 0.15) is 51.0 Å². The summed E-state index contributed by atoms with van der Waals surface area (Å²) in [5.74, 6) is -1.03. The van der Waals surface area contributed by atoms with E-state index in [1.54, 1.807) is 4.90 Å². The van der Waals surface area contributed by atoms with E-state index in [1.165, 1.54) is 0 Å². The molecule has 0 aromatic heterocycles. The topological polar surface area (TPSA) is 75.7 Å². The third-order valence-corrected chi connectivity index (χ3v) is 5.12. The average molecular weight is 358 g/mol. The van der Waals surface area contributed by atoms with Gasteiger partial charge < -0.3 is 15.0 Å². The van der Waals surface area contributed by atoms with Gasteiger partial charge in [0.15, 0.2) is 6.61 Å². The molecule has 2 fully saturated rings. The molecule has 3 rings (SSSR count). The lowest BCUT2D eigenvalue weighted by Gasteiger charge is -2.23. The highest BCUT2D eigenvalue weighted by molar-refractivity contribution is 6.00. The molecule has 0 unspecified atom stereocenters. The van der Waals surface area contributed by atoms with Crippen molar-refractivity contribution in [3.63, 3.8) is 0 Å². The third-order valence-electron chi connectivity index (χ3n) is 5.12. The molecule has 0 bridgehead atoms. The molecule has 6 nitrogen and oxygen atoms in total. The first-order valence-corrected chi connectivity index (χ1v) is 9.34. The fraction of sp³-hybridized carbons (Fsp3) is 0.550. The van der Waals surface area contributed by atoms with Gasteiger partial charge in [0.05, 0.1) is 5.92 Å². The van der Waals surface area contributed by atoms with Gasteiger partial charge in [0, 0.05) is 24.7 Å². The van der Waals surface area contributed by atoms with Gasteiger partial charge in [-0.05, 0) is 36.8 Å². The number of esters is 1. The number of para-hydroxylation sites is 1. The van der Waals surface area contributed by atoms with Crippen LogP contribution in [-0.4, -0.2) is 37.0 Å². The summed E-state index contributed by atoms with van der Waals surface area (Å²) in [7, 11) is 0. The van der Waals surface area contributed by atoms with Crippen LogP contribution in [0.3, 0.4) is 0 Å². The molecular formula is C20H26N2O4. The summed E-state index contributed by atoms with van der Waals surface area (Å²) in [4.78, 5) is 38.1. The second-order valence-electron chi connectivity index (χ2n) is 7.22. The Balaban J connectivity index is 1.61. The minimum atomic E-state index is -0.527. The molecule has 140 valence electrons. The van der Waals surface area contributed by atoms with E-state index in [0.29, 0.717) is 12.5 Å². The highest BCUT2D eigenvalue weighted by Crippen LogP contribution is 2.33. The Morgan fingerprint density at radius 1 is 1.31 bits per heavy atom. The number of anilines is 1. The van der Waals surface area contributed by atoms with Crippen molar-refractivity contribution in [1.82, 2.24) is 5.32 Å².